The summed E-state index contributed by atoms with van der Waals surface area (Å²) in [6.45, 7) is 1.79. The number of carbonyl (C=O) groups excluding carboxylic acids is 1. The maximum Gasteiger partial charge on any atom is 0.276 e. The summed E-state index contributed by atoms with van der Waals surface area (Å²) < 4.78 is 7.35. The number of amides is 1. The molecule has 0 aliphatic heterocycles. The number of oxazole rings is 1. The Morgan fingerprint density at radius 3 is 2.96 bits per heavy atom. The lowest BCUT2D eigenvalue weighted by Crippen LogP contribution is -2.12. The second-order valence-electron chi connectivity index (χ2n) is 5.27. The zero-order valence-corrected chi connectivity index (χ0v) is 13.9. The maximum absolute atomic E-state index is 12.7. The van der Waals surface area contributed by atoms with Gasteiger partial charge in [-0.15, -0.1) is 0 Å². The van der Waals surface area contributed by atoms with Crippen molar-refractivity contribution in [2.24, 2.45) is 0 Å². The molecule has 0 spiro atoms. The highest BCUT2D eigenvalue weighted by atomic mass is 32.2. The summed E-state index contributed by atoms with van der Waals surface area (Å²) in [6, 6.07) is 11.1. The van der Waals surface area contributed by atoms with Crippen molar-refractivity contribution in [3.8, 4) is 0 Å². The molecule has 24 heavy (non-hydrogen) atoms. The Kier molecular flexibility index (Phi) is 3.50. The van der Waals surface area contributed by atoms with Crippen molar-refractivity contribution in [2.75, 3.05) is 11.6 Å². The number of hydrogen-bond acceptors (Lipinski definition) is 5. The van der Waals surface area contributed by atoms with Crippen molar-refractivity contribution >= 4 is 40.0 Å². The lowest BCUT2D eigenvalue weighted by atomic mass is 10.2. The van der Waals surface area contributed by atoms with E-state index in [1.165, 1.54) is 11.8 Å². The number of nitrogens with one attached hydrogen (secondary N) is 1. The van der Waals surface area contributed by atoms with Crippen LogP contribution < -0.4 is 5.32 Å². The quantitative estimate of drug-likeness (QED) is 0.576. The number of hydrogen-bond donors (Lipinski definition) is 1. The Bertz CT molecular complexity index is 1070. The van der Waals surface area contributed by atoms with Gasteiger partial charge in [-0.25, -0.2) is 9.97 Å². The van der Waals surface area contributed by atoms with E-state index in [0.29, 0.717) is 28.4 Å². The molecule has 0 fully saturated rings. The SMILES string of the molecule is CSc1nc(C(=O)Nc2ccc3oc(C)nc3c2)c2ccccn12. The van der Waals surface area contributed by atoms with Gasteiger partial charge in [-0.2, -0.15) is 0 Å². The smallest absolute Gasteiger partial charge is 0.276 e. The van der Waals surface area contributed by atoms with E-state index in [9.17, 15) is 4.79 Å². The number of aryl methyl sites for hydroxylation is 1. The van der Waals surface area contributed by atoms with Gasteiger partial charge in [0.25, 0.3) is 5.91 Å². The first-order chi connectivity index (χ1) is 11.7. The molecular formula is C17H14N4O2S. The Morgan fingerprint density at radius 1 is 1.25 bits per heavy atom. The standard InChI is InChI=1S/C17H14N4O2S/c1-10-18-12-9-11(6-7-14(12)23-10)19-16(22)15-13-5-3-4-8-21(13)17(20-15)24-2/h3-9H,1-2H3,(H,19,22). The fourth-order valence-electron chi connectivity index (χ4n) is 2.63. The van der Waals surface area contributed by atoms with Crippen molar-refractivity contribution in [1.82, 2.24) is 14.4 Å². The summed E-state index contributed by atoms with van der Waals surface area (Å²) in [7, 11) is 0. The van der Waals surface area contributed by atoms with Crippen molar-refractivity contribution < 1.29 is 9.21 Å². The predicted octanol–water partition coefficient (Wildman–Crippen LogP) is 3.76. The summed E-state index contributed by atoms with van der Waals surface area (Å²) in [5.41, 5.74) is 3.24. The van der Waals surface area contributed by atoms with Crippen LogP contribution in [-0.2, 0) is 0 Å². The van der Waals surface area contributed by atoms with Crippen LogP contribution in [0.3, 0.4) is 0 Å². The van der Waals surface area contributed by atoms with E-state index in [4.69, 9.17) is 4.42 Å². The van der Waals surface area contributed by atoms with E-state index in [2.05, 4.69) is 15.3 Å². The molecule has 0 saturated heterocycles. The average Bonchev–Trinajstić information content (AvgIpc) is 3.13. The molecule has 0 radical (unpaired) electrons. The minimum Gasteiger partial charge on any atom is -0.441 e. The number of aromatic nitrogens is 3. The molecule has 0 unspecified atom stereocenters. The van der Waals surface area contributed by atoms with E-state index in [0.717, 1.165) is 10.7 Å². The molecule has 0 saturated carbocycles. The van der Waals surface area contributed by atoms with Crippen LogP contribution in [0.15, 0.2) is 52.2 Å². The minimum atomic E-state index is -0.251. The number of thioether (sulfide) groups is 1. The van der Waals surface area contributed by atoms with Crippen LogP contribution in [0.2, 0.25) is 0 Å². The normalized spacial score (nSPS) is 11.2. The van der Waals surface area contributed by atoms with E-state index in [1.807, 2.05) is 35.1 Å². The predicted molar refractivity (Wildman–Crippen MR) is 93.7 cm³/mol. The first-order valence-corrected chi connectivity index (χ1v) is 8.58. The van der Waals surface area contributed by atoms with Gasteiger partial charge in [0.2, 0.25) is 0 Å². The van der Waals surface area contributed by atoms with Crippen molar-refractivity contribution in [1.29, 1.82) is 0 Å². The number of pyridine rings is 1. The van der Waals surface area contributed by atoms with E-state index in [1.54, 1.807) is 25.1 Å². The molecule has 3 aromatic heterocycles. The summed E-state index contributed by atoms with van der Waals surface area (Å²) in [5.74, 6) is 0.344. The Morgan fingerprint density at radius 2 is 2.12 bits per heavy atom. The van der Waals surface area contributed by atoms with Crippen LogP contribution in [0.5, 0.6) is 0 Å². The van der Waals surface area contributed by atoms with Crippen molar-refractivity contribution in [3.05, 3.63) is 54.2 Å². The fraction of sp³-hybridized carbons (Fsp3) is 0.118. The number of rotatable bonds is 3. The van der Waals surface area contributed by atoms with Gasteiger partial charge < -0.3 is 9.73 Å². The number of fused-ring (bicyclic) bond motifs is 2. The molecule has 7 heteroatoms. The van der Waals surface area contributed by atoms with Gasteiger partial charge >= 0.3 is 0 Å². The lowest BCUT2D eigenvalue weighted by Gasteiger charge is -2.03. The zero-order chi connectivity index (χ0) is 16.7. The first-order valence-electron chi connectivity index (χ1n) is 7.35. The lowest BCUT2D eigenvalue weighted by molar-refractivity contribution is 0.102. The zero-order valence-electron chi connectivity index (χ0n) is 13.1. The van der Waals surface area contributed by atoms with Crippen molar-refractivity contribution in [3.63, 3.8) is 0 Å². The molecule has 4 rings (SSSR count). The van der Waals surface area contributed by atoms with Gasteiger partial charge in [-0.3, -0.25) is 9.20 Å². The molecule has 0 atom stereocenters. The molecule has 4 aromatic rings. The fourth-order valence-corrected chi connectivity index (χ4v) is 3.17. The number of carbonyl (C=O) groups is 1. The van der Waals surface area contributed by atoms with E-state index < -0.39 is 0 Å². The topological polar surface area (TPSA) is 72.4 Å². The summed E-state index contributed by atoms with van der Waals surface area (Å²) in [6.07, 6.45) is 3.83. The van der Waals surface area contributed by atoms with Gasteiger partial charge in [0.05, 0.1) is 5.52 Å². The number of imidazole rings is 1. The van der Waals surface area contributed by atoms with Crippen LogP contribution in [0.1, 0.15) is 16.4 Å². The molecule has 3 heterocycles. The van der Waals surface area contributed by atoms with Crippen LogP contribution in [0, 0.1) is 6.92 Å². The van der Waals surface area contributed by atoms with Gasteiger partial charge in [0, 0.05) is 18.8 Å². The highest BCUT2D eigenvalue weighted by Gasteiger charge is 2.17. The Labute approximate surface area is 141 Å². The first kappa shape index (κ1) is 14.8. The number of anilines is 1. The monoisotopic (exact) mass is 338 g/mol. The van der Waals surface area contributed by atoms with Crippen LogP contribution in [-0.4, -0.2) is 26.5 Å². The molecule has 120 valence electrons. The average molecular weight is 338 g/mol. The van der Waals surface area contributed by atoms with Crippen LogP contribution in [0.25, 0.3) is 16.6 Å². The van der Waals surface area contributed by atoms with Crippen LogP contribution >= 0.6 is 11.8 Å². The Hall–Kier alpha value is -2.80. The molecule has 1 aromatic carbocycles. The van der Waals surface area contributed by atoms with Crippen molar-refractivity contribution in [2.45, 2.75) is 12.1 Å². The van der Waals surface area contributed by atoms with E-state index >= 15 is 0 Å². The van der Waals surface area contributed by atoms with Gasteiger partial charge in [0.15, 0.2) is 22.3 Å². The summed E-state index contributed by atoms with van der Waals surface area (Å²) >= 11 is 1.50. The molecule has 6 nitrogen and oxygen atoms in total. The van der Waals surface area contributed by atoms with E-state index in [-0.39, 0.29) is 5.91 Å². The number of nitrogens with zero attached hydrogens (tertiary/aromatic N) is 3. The second-order valence-corrected chi connectivity index (χ2v) is 6.05. The molecular weight excluding hydrogens is 324 g/mol. The molecule has 0 aliphatic rings. The molecule has 0 bridgehead atoms. The van der Waals surface area contributed by atoms with Gasteiger partial charge in [-0.1, -0.05) is 17.8 Å². The maximum atomic E-state index is 12.7. The largest absolute Gasteiger partial charge is 0.441 e. The highest BCUT2D eigenvalue weighted by Crippen LogP contribution is 2.23. The third kappa shape index (κ3) is 2.43. The highest BCUT2D eigenvalue weighted by molar-refractivity contribution is 7.98. The minimum absolute atomic E-state index is 0.251. The third-order valence-corrected chi connectivity index (χ3v) is 4.32. The Balaban J connectivity index is 1.70. The van der Waals surface area contributed by atoms with Crippen LogP contribution in [0.4, 0.5) is 5.69 Å². The van der Waals surface area contributed by atoms with Gasteiger partial charge in [0.1, 0.15) is 5.52 Å². The molecule has 1 N–H and O–H groups in total. The summed E-state index contributed by atoms with van der Waals surface area (Å²) in [5, 5.41) is 3.66. The molecule has 0 aliphatic carbocycles. The third-order valence-electron chi connectivity index (χ3n) is 3.67. The summed E-state index contributed by atoms with van der Waals surface area (Å²) in [4.78, 5) is 21.4. The van der Waals surface area contributed by atoms with Gasteiger partial charge in [-0.05, 0) is 36.6 Å². The number of benzene rings is 1. The second kappa shape index (κ2) is 5.68. The molecule has 1 amide bonds.